The van der Waals surface area contributed by atoms with Crippen molar-refractivity contribution in [1.29, 1.82) is 0 Å². The molecule has 8 nitrogen and oxygen atoms in total. The molecule has 0 radical (unpaired) electrons. The predicted octanol–water partition coefficient (Wildman–Crippen LogP) is 1.56. The Morgan fingerprint density at radius 3 is 2.86 bits per heavy atom. The summed E-state index contributed by atoms with van der Waals surface area (Å²) < 4.78 is 2.24. The summed E-state index contributed by atoms with van der Waals surface area (Å²) in [6, 6.07) is 4.05. The van der Waals surface area contributed by atoms with E-state index < -0.39 is 12.0 Å². The molecule has 0 fully saturated rings. The van der Waals surface area contributed by atoms with Gasteiger partial charge in [-0.2, -0.15) is 0 Å². The maximum absolute atomic E-state index is 11.8. The topological polar surface area (TPSA) is 109 Å². The van der Waals surface area contributed by atoms with Gasteiger partial charge >= 0.3 is 12.0 Å². The van der Waals surface area contributed by atoms with Crippen molar-refractivity contribution < 1.29 is 14.7 Å². The van der Waals surface area contributed by atoms with Crippen molar-refractivity contribution >= 4 is 33.6 Å². The highest BCUT2D eigenvalue weighted by Gasteiger charge is 2.12. The highest BCUT2D eigenvalue weighted by molar-refractivity contribution is 9.10. The Morgan fingerprint density at radius 1 is 1.38 bits per heavy atom. The van der Waals surface area contributed by atoms with Crippen LogP contribution in [0.15, 0.2) is 35.1 Å². The summed E-state index contributed by atoms with van der Waals surface area (Å²) in [7, 11) is 0. The third kappa shape index (κ3) is 4.28. The molecule has 1 aromatic carbocycles. The lowest BCUT2D eigenvalue weighted by Gasteiger charge is -2.10. The molecule has 0 spiro atoms. The number of urea groups is 1. The number of carbonyl (C=O) groups is 2. The van der Waals surface area contributed by atoms with Crippen LogP contribution in [0.25, 0.3) is 0 Å². The first-order valence-corrected chi connectivity index (χ1v) is 6.77. The van der Waals surface area contributed by atoms with Gasteiger partial charge in [0.2, 0.25) is 0 Å². The van der Waals surface area contributed by atoms with E-state index >= 15 is 0 Å². The fourth-order valence-electron chi connectivity index (χ4n) is 1.61. The first-order valence-electron chi connectivity index (χ1n) is 5.98. The Morgan fingerprint density at radius 2 is 2.19 bits per heavy atom. The standard InChI is InChI=1S/C12H12BrN5O3/c13-8-1-2-9(11(19)20)10(7-8)16-12(21)14-3-5-18-6-4-15-17-18/h1-2,4,6-7H,3,5H2,(H,19,20)(H2,14,16,21). The van der Waals surface area contributed by atoms with Gasteiger partial charge in [0.25, 0.3) is 0 Å². The third-order valence-corrected chi connectivity index (χ3v) is 3.05. The number of halogens is 1. The Bertz CT molecular complexity index is 644. The molecule has 0 saturated carbocycles. The van der Waals surface area contributed by atoms with Crippen LogP contribution in [-0.2, 0) is 6.54 Å². The molecule has 0 unspecified atom stereocenters. The predicted molar refractivity (Wildman–Crippen MR) is 78.1 cm³/mol. The van der Waals surface area contributed by atoms with Gasteiger partial charge in [0.1, 0.15) is 0 Å². The van der Waals surface area contributed by atoms with Gasteiger partial charge < -0.3 is 15.7 Å². The van der Waals surface area contributed by atoms with Crippen molar-refractivity contribution in [2.75, 3.05) is 11.9 Å². The van der Waals surface area contributed by atoms with Crippen LogP contribution in [0.5, 0.6) is 0 Å². The summed E-state index contributed by atoms with van der Waals surface area (Å²) in [5, 5.41) is 21.6. The molecule has 1 aromatic heterocycles. The fourth-order valence-corrected chi connectivity index (χ4v) is 1.97. The lowest BCUT2D eigenvalue weighted by Crippen LogP contribution is -2.32. The third-order valence-electron chi connectivity index (χ3n) is 2.56. The second-order valence-electron chi connectivity index (χ2n) is 4.04. The molecule has 1 heterocycles. The van der Waals surface area contributed by atoms with Crippen molar-refractivity contribution in [2.45, 2.75) is 6.54 Å². The number of aromatic nitrogens is 3. The van der Waals surface area contributed by atoms with Gasteiger partial charge in [-0.25, -0.2) is 9.59 Å². The molecule has 0 aliphatic carbocycles. The van der Waals surface area contributed by atoms with Gasteiger partial charge in [-0.15, -0.1) is 5.10 Å². The number of rotatable bonds is 5. The minimum absolute atomic E-state index is 0.0182. The van der Waals surface area contributed by atoms with Crippen molar-refractivity contribution in [1.82, 2.24) is 20.3 Å². The average molecular weight is 354 g/mol. The maximum atomic E-state index is 11.8. The second kappa shape index (κ2) is 6.84. The largest absolute Gasteiger partial charge is 0.478 e. The van der Waals surface area contributed by atoms with Crippen molar-refractivity contribution in [3.63, 3.8) is 0 Å². The number of aromatic carboxylic acids is 1. The molecule has 2 aromatic rings. The van der Waals surface area contributed by atoms with Gasteiger partial charge in [0, 0.05) is 17.2 Å². The molecular weight excluding hydrogens is 342 g/mol. The quantitative estimate of drug-likeness (QED) is 0.755. The molecule has 2 rings (SSSR count). The molecule has 3 N–H and O–H groups in total. The van der Waals surface area contributed by atoms with E-state index in [1.165, 1.54) is 12.1 Å². The Kier molecular flexibility index (Phi) is 4.88. The fraction of sp³-hybridized carbons (Fsp3) is 0.167. The van der Waals surface area contributed by atoms with E-state index in [0.29, 0.717) is 17.6 Å². The molecule has 21 heavy (non-hydrogen) atoms. The Labute approximate surface area is 128 Å². The van der Waals surface area contributed by atoms with Crippen LogP contribution in [0.2, 0.25) is 0 Å². The first-order chi connectivity index (χ1) is 10.1. The molecule has 0 aliphatic rings. The van der Waals surface area contributed by atoms with E-state index in [2.05, 4.69) is 36.9 Å². The van der Waals surface area contributed by atoms with Gasteiger partial charge in [0.15, 0.2) is 0 Å². The molecule has 9 heteroatoms. The van der Waals surface area contributed by atoms with E-state index in [-0.39, 0.29) is 11.3 Å². The van der Waals surface area contributed by atoms with E-state index in [1.807, 2.05) is 0 Å². The number of benzene rings is 1. The van der Waals surface area contributed by atoms with Crippen LogP contribution >= 0.6 is 15.9 Å². The maximum Gasteiger partial charge on any atom is 0.337 e. The summed E-state index contributed by atoms with van der Waals surface area (Å²) in [6.45, 7) is 0.809. The number of amides is 2. The first kappa shape index (κ1) is 15.0. The summed E-state index contributed by atoms with van der Waals surface area (Å²) >= 11 is 3.23. The number of anilines is 1. The van der Waals surface area contributed by atoms with Crippen LogP contribution in [-0.4, -0.2) is 38.6 Å². The number of hydrogen-bond acceptors (Lipinski definition) is 4. The smallest absolute Gasteiger partial charge is 0.337 e. The highest BCUT2D eigenvalue weighted by atomic mass is 79.9. The van der Waals surface area contributed by atoms with E-state index in [1.54, 1.807) is 23.1 Å². The number of carboxylic acid groups (broad SMARTS) is 1. The SMILES string of the molecule is O=C(NCCn1ccnn1)Nc1cc(Br)ccc1C(=O)O. The zero-order valence-electron chi connectivity index (χ0n) is 10.8. The zero-order valence-corrected chi connectivity index (χ0v) is 12.4. The number of hydrogen-bond donors (Lipinski definition) is 3. The molecule has 0 saturated heterocycles. The lowest BCUT2D eigenvalue weighted by atomic mass is 10.2. The van der Waals surface area contributed by atoms with Crippen molar-refractivity contribution in [3.8, 4) is 0 Å². The van der Waals surface area contributed by atoms with Crippen LogP contribution in [0.4, 0.5) is 10.5 Å². The lowest BCUT2D eigenvalue weighted by molar-refractivity contribution is 0.0698. The van der Waals surface area contributed by atoms with E-state index in [4.69, 9.17) is 5.11 Å². The number of nitrogens with one attached hydrogen (secondary N) is 2. The zero-order chi connectivity index (χ0) is 15.2. The summed E-state index contributed by atoms with van der Waals surface area (Å²) in [6.07, 6.45) is 3.22. The van der Waals surface area contributed by atoms with Crippen LogP contribution < -0.4 is 10.6 Å². The summed E-state index contributed by atoms with van der Waals surface area (Å²) in [5.41, 5.74) is 0.236. The van der Waals surface area contributed by atoms with Crippen LogP contribution in [0, 0.1) is 0 Å². The summed E-state index contributed by atoms with van der Waals surface area (Å²) in [4.78, 5) is 22.8. The number of carboxylic acids is 1. The molecule has 0 atom stereocenters. The van der Waals surface area contributed by atoms with Crippen LogP contribution in [0.3, 0.4) is 0 Å². The van der Waals surface area contributed by atoms with Crippen molar-refractivity contribution in [3.05, 3.63) is 40.6 Å². The Hall–Kier alpha value is -2.42. The van der Waals surface area contributed by atoms with Gasteiger partial charge in [-0.05, 0) is 18.2 Å². The monoisotopic (exact) mass is 353 g/mol. The highest BCUT2D eigenvalue weighted by Crippen LogP contribution is 2.21. The minimum Gasteiger partial charge on any atom is -0.478 e. The second-order valence-corrected chi connectivity index (χ2v) is 4.96. The molecule has 0 aliphatic heterocycles. The van der Waals surface area contributed by atoms with Crippen LogP contribution in [0.1, 0.15) is 10.4 Å². The number of carbonyl (C=O) groups excluding carboxylic acids is 1. The molecule has 110 valence electrons. The Balaban J connectivity index is 1.93. The van der Waals surface area contributed by atoms with Crippen molar-refractivity contribution in [2.24, 2.45) is 0 Å². The summed E-state index contributed by atoms with van der Waals surface area (Å²) in [5.74, 6) is -1.11. The normalized spacial score (nSPS) is 10.1. The van der Waals surface area contributed by atoms with Gasteiger partial charge in [-0.1, -0.05) is 21.1 Å². The van der Waals surface area contributed by atoms with E-state index in [9.17, 15) is 9.59 Å². The number of nitrogens with zero attached hydrogens (tertiary/aromatic N) is 3. The van der Waals surface area contributed by atoms with Gasteiger partial charge in [-0.3, -0.25) is 4.68 Å². The van der Waals surface area contributed by atoms with E-state index in [0.717, 1.165) is 0 Å². The van der Waals surface area contributed by atoms with Gasteiger partial charge in [0.05, 0.1) is 24.0 Å². The molecule has 2 amide bonds. The molecule has 0 bridgehead atoms. The average Bonchev–Trinajstić information content (AvgIpc) is 2.91. The molecular formula is C12H12BrN5O3. The minimum atomic E-state index is -1.11.